The molecule has 0 aromatic heterocycles. The third kappa shape index (κ3) is 5.38. The highest BCUT2D eigenvalue weighted by Gasteiger charge is 2.10. The number of hydrogen-bond acceptors (Lipinski definition) is 3. The molecule has 1 atom stereocenters. The minimum absolute atomic E-state index is 0.480. The van der Waals surface area contributed by atoms with Gasteiger partial charge in [0.25, 0.3) is 0 Å². The van der Waals surface area contributed by atoms with E-state index >= 15 is 0 Å². The van der Waals surface area contributed by atoms with E-state index in [-0.39, 0.29) is 0 Å². The van der Waals surface area contributed by atoms with Crippen molar-refractivity contribution in [3.05, 3.63) is 65.2 Å². The first kappa shape index (κ1) is 15.8. The maximum Gasteiger partial charge on any atom is 0.119 e. The molecule has 4 heteroatoms. The van der Waals surface area contributed by atoms with E-state index in [2.05, 4.69) is 0 Å². The van der Waals surface area contributed by atoms with Crippen LogP contribution in [0, 0.1) is 0 Å². The van der Waals surface area contributed by atoms with E-state index < -0.39 is 6.10 Å². The zero-order valence-corrected chi connectivity index (χ0v) is 12.8. The van der Waals surface area contributed by atoms with E-state index in [0.29, 0.717) is 18.2 Å². The predicted octanol–water partition coefficient (Wildman–Crippen LogP) is 3.38. The Morgan fingerprint density at radius 2 is 1.76 bits per heavy atom. The smallest absolute Gasteiger partial charge is 0.119 e. The third-order valence-corrected chi connectivity index (χ3v) is 3.48. The average Bonchev–Trinajstić information content (AvgIpc) is 2.50. The van der Waals surface area contributed by atoms with Crippen molar-refractivity contribution >= 4 is 11.6 Å². The van der Waals surface area contributed by atoms with E-state index in [1.54, 1.807) is 12.1 Å². The number of likely N-dealkylation sites (N-methyl/N-ethyl adjacent to an activating group) is 1. The molecule has 112 valence electrons. The molecule has 0 radical (unpaired) electrons. The van der Waals surface area contributed by atoms with Crippen molar-refractivity contribution in [2.24, 2.45) is 0 Å². The highest BCUT2D eigenvalue weighted by atomic mass is 35.5. The number of hydrogen-bond donors (Lipinski definition) is 1. The van der Waals surface area contributed by atoms with Gasteiger partial charge in [0.05, 0.1) is 6.10 Å². The zero-order chi connectivity index (χ0) is 15.1. The van der Waals surface area contributed by atoms with Crippen molar-refractivity contribution in [2.45, 2.75) is 6.10 Å². The lowest BCUT2D eigenvalue weighted by Gasteiger charge is -2.20. The van der Waals surface area contributed by atoms with E-state index in [0.717, 1.165) is 17.9 Å². The lowest BCUT2D eigenvalue weighted by molar-refractivity contribution is 0.118. The van der Waals surface area contributed by atoms with Crippen molar-refractivity contribution in [2.75, 3.05) is 26.7 Å². The Morgan fingerprint density at radius 1 is 1.10 bits per heavy atom. The molecule has 0 heterocycles. The van der Waals surface area contributed by atoms with Crippen LogP contribution in [0.1, 0.15) is 11.7 Å². The summed E-state index contributed by atoms with van der Waals surface area (Å²) in [6.07, 6.45) is -0.480. The van der Waals surface area contributed by atoms with Crippen LogP contribution < -0.4 is 4.74 Å². The Kier molecular flexibility index (Phi) is 6.05. The molecule has 2 rings (SSSR count). The number of benzene rings is 2. The molecule has 0 spiro atoms. The third-order valence-electron chi connectivity index (χ3n) is 3.22. The molecule has 2 aromatic carbocycles. The summed E-state index contributed by atoms with van der Waals surface area (Å²) in [5.41, 5.74) is 0.933. The summed E-state index contributed by atoms with van der Waals surface area (Å²) in [6, 6.07) is 17.0. The number of rotatable bonds is 7. The van der Waals surface area contributed by atoms with E-state index in [1.807, 2.05) is 54.4 Å². The lowest BCUT2D eigenvalue weighted by Crippen LogP contribution is -2.28. The van der Waals surface area contributed by atoms with Crippen LogP contribution in [0.2, 0.25) is 5.02 Å². The van der Waals surface area contributed by atoms with Crippen LogP contribution in [0.15, 0.2) is 54.6 Å². The van der Waals surface area contributed by atoms with Crippen LogP contribution in [0.25, 0.3) is 0 Å². The fourth-order valence-corrected chi connectivity index (χ4v) is 2.14. The van der Waals surface area contributed by atoms with Gasteiger partial charge >= 0.3 is 0 Å². The molecule has 0 aliphatic rings. The molecule has 0 saturated carbocycles. The van der Waals surface area contributed by atoms with Gasteiger partial charge in [0.15, 0.2) is 0 Å². The van der Waals surface area contributed by atoms with Crippen LogP contribution in [0.4, 0.5) is 0 Å². The van der Waals surface area contributed by atoms with Crippen LogP contribution in [0.5, 0.6) is 5.75 Å². The Hall–Kier alpha value is -1.55. The quantitative estimate of drug-likeness (QED) is 0.851. The molecule has 0 saturated heterocycles. The summed E-state index contributed by atoms with van der Waals surface area (Å²) in [5.74, 6) is 0.802. The molecule has 0 bridgehead atoms. The highest BCUT2D eigenvalue weighted by Crippen LogP contribution is 2.16. The first-order valence-electron chi connectivity index (χ1n) is 6.95. The number of halogens is 1. The van der Waals surface area contributed by atoms with Gasteiger partial charge in [-0.15, -0.1) is 0 Å². The molecular weight excluding hydrogens is 286 g/mol. The minimum Gasteiger partial charge on any atom is -0.492 e. The second-order valence-corrected chi connectivity index (χ2v) is 5.43. The zero-order valence-electron chi connectivity index (χ0n) is 12.1. The standard InChI is InChI=1S/C17H20ClNO2/c1-19(13-17(20)14-5-3-2-4-6-14)11-12-21-16-9-7-15(18)8-10-16/h2-10,17,20H,11-13H2,1H3/t17-/m0/s1. The molecule has 0 aliphatic carbocycles. The Bertz CT molecular complexity index is 530. The summed E-state index contributed by atoms with van der Waals surface area (Å²) in [7, 11) is 1.97. The number of aliphatic hydroxyl groups excluding tert-OH is 1. The summed E-state index contributed by atoms with van der Waals surface area (Å²) < 4.78 is 5.64. The number of ether oxygens (including phenoxy) is 1. The molecule has 0 unspecified atom stereocenters. The largest absolute Gasteiger partial charge is 0.492 e. The first-order chi connectivity index (χ1) is 10.1. The van der Waals surface area contributed by atoms with Crippen molar-refractivity contribution in [1.82, 2.24) is 4.90 Å². The van der Waals surface area contributed by atoms with Gasteiger partial charge in [0.1, 0.15) is 12.4 Å². The average molecular weight is 306 g/mol. The summed E-state index contributed by atoms with van der Waals surface area (Å²) in [4.78, 5) is 2.05. The van der Waals surface area contributed by atoms with Gasteiger partial charge in [-0.1, -0.05) is 41.9 Å². The molecular formula is C17H20ClNO2. The van der Waals surface area contributed by atoms with Gasteiger partial charge in [0.2, 0.25) is 0 Å². The fraction of sp³-hybridized carbons (Fsp3) is 0.294. The van der Waals surface area contributed by atoms with Crippen molar-refractivity contribution in [3.63, 3.8) is 0 Å². The number of nitrogens with zero attached hydrogens (tertiary/aromatic N) is 1. The summed E-state index contributed by atoms with van der Waals surface area (Å²) in [6.45, 7) is 1.89. The minimum atomic E-state index is -0.480. The second kappa shape index (κ2) is 8.03. The lowest BCUT2D eigenvalue weighted by atomic mass is 10.1. The Balaban J connectivity index is 1.72. The van der Waals surface area contributed by atoms with Gasteiger partial charge in [-0.25, -0.2) is 0 Å². The van der Waals surface area contributed by atoms with Gasteiger partial charge < -0.3 is 14.7 Å². The van der Waals surface area contributed by atoms with E-state index in [9.17, 15) is 5.11 Å². The van der Waals surface area contributed by atoms with Crippen molar-refractivity contribution in [3.8, 4) is 5.75 Å². The Labute approximate surface area is 130 Å². The highest BCUT2D eigenvalue weighted by molar-refractivity contribution is 6.30. The van der Waals surface area contributed by atoms with E-state index in [4.69, 9.17) is 16.3 Å². The molecule has 0 amide bonds. The SMILES string of the molecule is CN(CCOc1ccc(Cl)cc1)C[C@H](O)c1ccccc1. The van der Waals surface area contributed by atoms with E-state index in [1.165, 1.54) is 0 Å². The Morgan fingerprint density at radius 3 is 2.43 bits per heavy atom. The molecule has 3 nitrogen and oxygen atoms in total. The van der Waals surface area contributed by atoms with Crippen LogP contribution in [-0.2, 0) is 0 Å². The second-order valence-electron chi connectivity index (χ2n) is 4.99. The molecule has 0 aliphatic heterocycles. The maximum absolute atomic E-state index is 10.1. The van der Waals surface area contributed by atoms with Gasteiger partial charge in [-0.05, 0) is 36.9 Å². The van der Waals surface area contributed by atoms with Gasteiger partial charge in [-0.3, -0.25) is 0 Å². The topological polar surface area (TPSA) is 32.7 Å². The normalized spacial score (nSPS) is 12.4. The van der Waals surface area contributed by atoms with Crippen LogP contribution in [-0.4, -0.2) is 36.8 Å². The predicted molar refractivity (Wildman–Crippen MR) is 85.8 cm³/mol. The number of aliphatic hydroxyl groups is 1. The fourth-order valence-electron chi connectivity index (χ4n) is 2.02. The summed E-state index contributed by atoms with van der Waals surface area (Å²) >= 11 is 5.82. The van der Waals surface area contributed by atoms with Gasteiger partial charge in [0, 0.05) is 18.1 Å². The van der Waals surface area contributed by atoms with Crippen molar-refractivity contribution in [1.29, 1.82) is 0 Å². The first-order valence-corrected chi connectivity index (χ1v) is 7.33. The van der Waals surface area contributed by atoms with Gasteiger partial charge in [-0.2, -0.15) is 0 Å². The summed E-state index contributed by atoms with van der Waals surface area (Å²) in [5, 5.41) is 10.8. The van der Waals surface area contributed by atoms with Crippen LogP contribution >= 0.6 is 11.6 Å². The molecule has 0 fully saturated rings. The van der Waals surface area contributed by atoms with Crippen LogP contribution in [0.3, 0.4) is 0 Å². The molecule has 2 aromatic rings. The molecule has 21 heavy (non-hydrogen) atoms. The molecule has 1 N–H and O–H groups in total. The monoisotopic (exact) mass is 305 g/mol. The maximum atomic E-state index is 10.1. The van der Waals surface area contributed by atoms with Crippen molar-refractivity contribution < 1.29 is 9.84 Å².